The number of pyridine rings is 1. The van der Waals surface area contributed by atoms with Gasteiger partial charge in [0.05, 0.1) is 16.8 Å². The molecule has 1 N–H and O–H groups in total. The van der Waals surface area contributed by atoms with Gasteiger partial charge in [0, 0.05) is 17.8 Å². The molecule has 0 radical (unpaired) electrons. The largest absolute Gasteiger partial charge is 0.334 e. The monoisotopic (exact) mass is 296 g/mol. The van der Waals surface area contributed by atoms with E-state index >= 15 is 0 Å². The Morgan fingerprint density at radius 1 is 1.18 bits per heavy atom. The molecule has 1 aromatic carbocycles. The van der Waals surface area contributed by atoms with Gasteiger partial charge in [0.25, 0.3) is 5.89 Å². The predicted octanol–water partition coefficient (Wildman–Crippen LogP) is 3.05. The second kappa shape index (κ2) is 5.85. The molecular weight excluding hydrogens is 276 g/mol. The fraction of sp³-hybridized carbons (Fsp3) is 0.353. The number of nitrogens with zero attached hydrogens (tertiary/aromatic N) is 3. The number of rotatable bonds is 4. The van der Waals surface area contributed by atoms with Crippen molar-refractivity contribution in [2.24, 2.45) is 0 Å². The van der Waals surface area contributed by atoms with E-state index in [2.05, 4.69) is 52.5 Å². The van der Waals surface area contributed by atoms with E-state index in [1.807, 2.05) is 20.0 Å². The number of benzene rings is 1. The van der Waals surface area contributed by atoms with Crippen LogP contribution in [0.1, 0.15) is 24.0 Å². The van der Waals surface area contributed by atoms with E-state index in [0.29, 0.717) is 17.8 Å². The van der Waals surface area contributed by atoms with E-state index in [1.165, 1.54) is 5.56 Å². The average molecular weight is 296 g/mol. The fourth-order valence-corrected chi connectivity index (χ4v) is 2.43. The Bertz CT molecular complexity index is 810. The molecule has 0 fully saturated rings. The van der Waals surface area contributed by atoms with Gasteiger partial charge in [-0.15, -0.1) is 0 Å². The van der Waals surface area contributed by atoms with Crippen LogP contribution in [-0.4, -0.2) is 28.2 Å². The molecule has 1 atom stereocenters. The molecule has 0 amide bonds. The number of fused-ring (bicyclic) bond motifs is 1. The molecule has 5 heteroatoms. The standard InChI is InChI=1S/C17H20N4O/c1-10-5-6-15-13(7-10)9-14(12(3)19-15)17-20-16(21-22-17)8-11(2)18-4/h5-7,9,11,18H,8H2,1-4H3. The highest BCUT2D eigenvalue weighted by atomic mass is 16.5. The summed E-state index contributed by atoms with van der Waals surface area (Å²) in [5.74, 6) is 1.24. The first-order valence-corrected chi connectivity index (χ1v) is 7.45. The third-order valence-electron chi connectivity index (χ3n) is 3.84. The highest BCUT2D eigenvalue weighted by Crippen LogP contribution is 2.25. The molecule has 114 valence electrons. The van der Waals surface area contributed by atoms with Crippen molar-refractivity contribution in [1.82, 2.24) is 20.4 Å². The van der Waals surface area contributed by atoms with Crippen molar-refractivity contribution in [3.8, 4) is 11.5 Å². The Kier molecular flexibility index (Phi) is 3.90. The molecule has 1 unspecified atom stereocenters. The predicted molar refractivity (Wildman–Crippen MR) is 86.7 cm³/mol. The number of likely N-dealkylation sites (N-methyl/N-ethyl adjacent to an activating group) is 1. The molecule has 5 nitrogen and oxygen atoms in total. The summed E-state index contributed by atoms with van der Waals surface area (Å²) >= 11 is 0. The minimum absolute atomic E-state index is 0.309. The van der Waals surface area contributed by atoms with E-state index in [-0.39, 0.29) is 0 Å². The molecule has 3 aromatic rings. The van der Waals surface area contributed by atoms with Crippen LogP contribution in [0.25, 0.3) is 22.4 Å². The number of aromatic nitrogens is 3. The van der Waals surface area contributed by atoms with Crippen molar-refractivity contribution >= 4 is 10.9 Å². The van der Waals surface area contributed by atoms with Gasteiger partial charge >= 0.3 is 0 Å². The molecule has 0 aliphatic rings. The minimum Gasteiger partial charge on any atom is -0.334 e. The van der Waals surface area contributed by atoms with E-state index in [9.17, 15) is 0 Å². The van der Waals surface area contributed by atoms with Gasteiger partial charge in [-0.2, -0.15) is 4.98 Å². The van der Waals surface area contributed by atoms with Crippen LogP contribution in [0.2, 0.25) is 0 Å². The first kappa shape index (κ1) is 14.7. The Morgan fingerprint density at radius 2 is 2.00 bits per heavy atom. The van der Waals surface area contributed by atoms with Crippen molar-refractivity contribution in [3.63, 3.8) is 0 Å². The summed E-state index contributed by atoms with van der Waals surface area (Å²) in [5.41, 5.74) is 3.98. The van der Waals surface area contributed by atoms with E-state index < -0.39 is 0 Å². The SMILES string of the molecule is CNC(C)Cc1noc(-c2cc3cc(C)ccc3nc2C)n1. The molecule has 0 spiro atoms. The second-order valence-corrected chi connectivity index (χ2v) is 5.73. The van der Waals surface area contributed by atoms with E-state index in [1.54, 1.807) is 0 Å². The summed E-state index contributed by atoms with van der Waals surface area (Å²) in [4.78, 5) is 9.14. The lowest BCUT2D eigenvalue weighted by molar-refractivity contribution is 0.418. The smallest absolute Gasteiger partial charge is 0.259 e. The molecular formula is C17H20N4O. The number of hydrogen-bond acceptors (Lipinski definition) is 5. The molecule has 2 aromatic heterocycles. The summed E-state index contributed by atoms with van der Waals surface area (Å²) in [6.45, 7) is 6.12. The van der Waals surface area contributed by atoms with Crippen LogP contribution >= 0.6 is 0 Å². The van der Waals surface area contributed by atoms with Crippen molar-refractivity contribution in [2.75, 3.05) is 7.05 Å². The summed E-state index contributed by atoms with van der Waals surface area (Å²) in [5, 5.41) is 8.32. The van der Waals surface area contributed by atoms with Gasteiger partial charge < -0.3 is 9.84 Å². The quantitative estimate of drug-likeness (QED) is 0.801. The highest BCUT2D eigenvalue weighted by Gasteiger charge is 2.14. The van der Waals surface area contributed by atoms with Gasteiger partial charge in [-0.25, -0.2) is 0 Å². The van der Waals surface area contributed by atoms with Crippen LogP contribution in [0.3, 0.4) is 0 Å². The highest BCUT2D eigenvalue weighted by molar-refractivity contribution is 5.84. The summed E-state index contributed by atoms with van der Waals surface area (Å²) in [7, 11) is 1.92. The third-order valence-corrected chi connectivity index (χ3v) is 3.84. The number of hydrogen-bond donors (Lipinski definition) is 1. The van der Waals surface area contributed by atoms with Gasteiger partial charge in [0.1, 0.15) is 0 Å². The second-order valence-electron chi connectivity index (χ2n) is 5.73. The molecule has 0 aliphatic heterocycles. The molecule has 0 aliphatic carbocycles. The van der Waals surface area contributed by atoms with Gasteiger partial charge in [-0.05, 0) is 46.0 Å². The maximum atomic E-state index is 5.43. The van der Waals surface area contributed by atoms with E-state index in [4.69, 9.17) is 4.52 Å². The van der Waals surface area contributed by atoms with Crippen LogP contribution in [0.4, 0.5) is 0 Å². The zero-order chi connectivity index (χ0) is 15.7. The molecule has 0 saturated heterocycles. The normalized spacial score (nSPS) is 12.7. The van der Waals surface area contributed by atoms with Crippen LogP contribution in [0.5, 0.6) is 0 Å². The molecule has 22 heavy (non-hydrogen) atoms. The Morgan fingerprint density at radius 3 is 2.77 bits per heavy atom. The third kappa shape index (κ3) is 2.85. The molecule has 2 heterocycles. The maximum absolute atomic E-state index is 5.43. The lowest BCUT2D eigenvalue weighted by Crippen LogP contribution is -2.24. The van der Waals surface area contributed by atoms with Crippen LogP contribution in [0, 0.1) is 13.8 Å². The topological polar surface area (TPSA) is 63.8 Å². The lowest BCUT2D eigenvalue weighted by Gasteiger charge is -2.05. The summed E-state index contributed by atoms with van der Waals surface area (Å²) in [6.07, 6.45) is 0.735. The van der Waals surface area contributed by atoms with Crippen molar-refractivity contribution in [1.29, 1.82) is 0 Å². The van der Waals surface area contributed by atoms with Crippen molar-refractivity contribution < 1.29 is 4.52 Å². The summed E-state index contributed by atoms with van der Waals surface area (Å²) in [6, 6.07) is 8.60. The Hall–Kier alpha value is -2.27. The maximum Gasteiger partial charge on any atom is 0.259 e. The fourth-order valence-electron chi connectivity index (χ4n) is 2.43. The van der Waals surface area contributed by atoms with Gasteiger partial charge in [0.2, 0.25) is 0 Å². The molecule has 0 saturated carbocycles. The van der Waals surface area contributed by atoms with E-state index in [0.717, 1.165) is 28.6 Å². The van der Waals surface area contributed by atoms with Crippen LogP contribution in [0.15, 0.2) is 28.8 Å². The first-order valence-electron chi connectivity index (χ1n) is 7.45. The average Bonchev–Trinajstić information content (AvgIpc) is 2.95. The van der Waals surface area contributed by atoms with Crippen molar-refractivity contribution in [3.05, 3.63) is 41.3 Å². The van der Waals surface area contributed by atoms with Crippen LogP contribution < -0.4 is 5.32 Å². The van der Waals surface area contributed by atoms with Crippen molar-refractivity contribution in [2.45, 2.75) is 33.2 Å². The molecule has 3 rings (SSSR count). The number of aryl methyl sites for hydroxylation is 2. The summed E-state index contributed by atoms with van der Waals surface area (Å²) < 4.78 is 5.43. The van der Waals surface area contributed by atoms with Gasteiger partial charge in [0.15, 0.2) is 5.82 Å². The molecule has 0 bridgehead atoms. The lowest BCUT2D eigenvalue weighted by atomic mass is 10.1. The Labute approximate surface area is 129 Å². The van der Waals surface area contributed by atoms with Gasteiger partial charge in [-0.1, -0.05) is 16.8 Å². The first-order chi connectivity index (χ1) is 10.6. The Balaban J connectivity index is 2.00. The van der Waals surface area contributed by atoms with Crippen LogP contribution in [-0.2, 0) is 6.42 Å². The minimum atomic E-state index is 0.309. The van der Waals surface area contributed by atoms with Gasteiger partial charge in [-0.3, -0.25) is 4.98 Å². The zero-order valence-corrected chi connectivity index (χ0v) is 13.3. The number of nitrogens with one attached hydrogen (secondary N) is 1. The zero-order valence-electron chi connectivity index (χ0n) is 13.3.